The van der Waals surface area contributed by atoms with E-state index in [1.165, 1.54) is 0 Å². The van der Waals surface area contributed by atoms with Crippen molar-refractivity contribution in [1.82, 2.24) is 5.32 Å². The van der Waals surface area contributed by atoms with Gasteiger partial charge in [-0.15, -0.1) is 12.4 Å². The molecule has 0 aliphatic rings. The van der Waals surface area contributed by atoms with E-state index in [-0.39, 0.29) is 18.5 Å². The summed E-state index contributed by atoms with van der Waals surface area (Å²) >= 11 is 12.1. The van der Waals surface area contributed by atoms with Crippen LogP contribution in [0.25, 0.3) is 0 Å². The fraction of sp³-hybridized carbons (Fsp3) is 0.538. The van der Waals surface area contributed by atoms with Crippen molar-refractivity contribution in [3.05, 3.63) is 28.2 Å². The molecule has 104 valence electrons. The SMILES string of the molecule is CCC[C@H](CCNC)Oc1cccc(Cl)c1Cl.Cl. The summed E-state index contributed by atoms with van der Waals surface area (Å²) in [5.74, 6) is 0.675. The third kappa shape index (κ3) is 5.66. The predicted molar refractivity (Wildman–Crippen MR) is 81.6 cm³/mol. The molecule has 1 aromatic carbocycles. The number of nitrogens with one attached hydrogen (secondary N) is 1. The van der Waals surface area contributed by atoms with Crippen molar-refractivity contribution in [2.24, 2.45) is 0 Å². The van der Waals surface area contributed by atoms with E-state index in [1.54, 1.807) is 6.07 Å². The molecule has 1 atom stereocenters. The van der Waals surface area contributed by atoms with Crippen LogP contribution >= 0.6 is 35.6 Å². The van der Waals surface area contributed by atoms with Crippen LogP contribution < -0.4 is 10.1 Å². The Bertz CT molecular complexity index is 347. The van der Waals surface area contributed by atoms with Crippen LogP contribution in [0.5, 0.6) is 5.75 Å². The topological polar surface area (TPSA) is 21.3 Å². The van der Waals surface area contributed by atoms with Gasteiger partial charge >= 0.3 is 0 Å². The summed E-state index contributed by atoms with van der Waals surface area (Å²) in [6, 6.07) is 5.47. The highest BCUT2D eigenvalue weighted by atomic mass is 35.5. The molecule has 0 saturated carbocycles. The monoisotopic (exact) mass is 311 g/mol. The molecule has 5 heteroatoms. The minimum Gasteiger partial charge on any atom is -0.489 e. The number of rotatable bonds is 7. The first-order chi connectivity index (χ1) is 8.19. The second-order valence-corrected chi connectivity index (χ2v) is 4.76. The minimum absolute atomic E-state index is 0. The second-order valence-electron chi connectivity index (χ2n) is 3.97. The Labute approximate surface area is 125 Å². The molecule has 0 amide bonds. The quantitative estimate of drug-likeness (QED) is 0.796. The molecule has 1 rings (SSSR count). The van der Waals surface area contributed by atoms with E-state index in [2.05, 4.69) is 12.2 Å². The highest BCUT2D eigenvalue weighted by Crippen LogP contribution is 2.32. The lowest BCUT2D eigenvalue weighted by molar-refractivity contribution is 0.180. The van der Waals surface area contributed by atoms with Crippen LogP contribution in [0.4, 0.5) is 0 Å². The van der Waals surface area contributed by atoms with Crippen LogP contribution in [0.3, 0.4) is 0 Å². The lowest BCUT2D eigenvalue weighted by Gasteiger charge is -2.19. The maximum absolute atomic E-state index is 6.10. The van der Waals surface area contributed by atoms with Crippen molar-refractivity contribution in [3.8, 4) is 5.75 Å². The molecule has 0 heterocycles. The van der Waals surface area contributed by atoms with Crippen LogP contribution in [0.1, 0.15) is 26.2 Å². The lowest BCUT2D eigenvalue weighted by atomic mass is 10.1. The first-order valence-corrected chi connectivity index (χ1v) is 6.69. The summed E-state index contributed by atoms with van der Waals surface area (Å²) in [5, 5.41) is 4.16. The molecule has 0 aromatic heterocycles. The van der Waals surface area contributed by atoms with Gasteiger partial charge in [0.05, 0.1) is 11.1 Å². The molecule has 0 aliphatic heterocycles. The lowest BCUT2D eigenvalue weighted by Crippen LogP contribution is -2.22. The molecule has 2 nitrogen and oxygen atoms in total. The van der Waals surface area contributed by atoms with Crippen molar-refractivity contribution in [1.29, 1.82) is 0 Å². The van der Waals surface area contributed by atoms with Gasteiger partial charge in [0.15, 0.2) is 0 Å². The summed E-state index contributed by atoms with van der Waals surface area (Å²) in [7, 11) is 1.94. The van der Waals surface area contributed by atoms with Crippen LogP contribution in [0.15, 0.2) is 18.2 Å². The molecule has 1 N–H and O–H groups in total. The Balaban J connectivity index is 0.00000289. The van der Waals surface area contributed by atoms with Crippen LogP contribution in [-0.4, -0.2) is 19.7 Å². The summed E-state index contributed by atoms with van der Waals surface area (Å²) in [4.78, 5) is 0. The zero-order valence-corrected chi connectivity index (χ0v) is 13.0. The molecule has 0 spiro atoms. The first-order valence-electron chi connectivity index (χ1n) is 5.94. The molecular formula is C13H20Cl3NO. The largest absolute Gasteiger partial charge is 0.489 e. The Morgan fingerprint density at radius 3 is 2.61 bits per heavy atom. The van der Waals surface area contributed by atoms with Crippen LogP contribution in [0, 0.1) is 0 Å². The van der Waals surface area contributed by atoms with Gasteiger partial charge < -0.3 is 10.1 Å². The average Bonchev–Trinajstić information content (AvgIpc) is 2.32. The van der Waals surface area contributed by atoms with Crippen molar-refractivity contribution in [2.75, 3.05) is 13.6 Å². The van der Waals surface area contributed by atoms with Gasteiger partial charge in [0.1, 0.15) is 10.8 Å². The first kappa shape index (κ1) is 17.8. The van der Waals surface area contributed by atoms with Crippen molar-refractivity contribution in [3.63, 3.8) is 0 Å². The van der Waals surface area contributed by atoms with Gasteiger partial charge in [0.2, 0.25) is 0 Å². The predicted octanol–water partition coefficient (Wildman–Crippen LogP) is 4.57. The molecule has 18 heavy (non-hydrogen) atoms. The number of hydrogen-bond donors (Lipinski definition) is 1. The van der Waals surface area contributed by atoms with Crippen molar-refractivity contribution < 1.29 is 4.74 Å². The van der Waals surface area contributed by atoms with Gasteiger partial charge in [0.25, 0.3) is 0 Å². The van der Waals surface area contributed by atoms with E-state index in [9.17, 15) is 0 Å². The van der Waals surface area contributed by atoms with Gasteiger partial charge in [-0.25, -0.2) is 0 Å². The molecule has 0 fully saturated rings. The number of hydrogen-bond acceptors (Lipinski definition) is 2. The zero-order valence-electron chi connectivity index (χ0n) is 10.7. The summed E-state index contributed by atoms with van der Waals surface area (Å²) < 4.78 is 5.91. The molecule has 0 saturated heterocycles. The summed E-state index contributed by atoms with van der Waals surface area (Å²) in [6.07, 6.45) is 3.26. The highest BCUT2D eigenvalue weighted by molar-refractivity contribution is 6.42. The van der Waals surface area contributed by atoms with E-state index in [4.69, 9.17) is 27.9 Å². The molecule has 0 aliphatic carbocycles. The second kappa shape index (κ2) is 9.74. The van der Waals surface area contributed by atoms with E-state index in [1.807, 2.05) is 19.2 Å². The van der Waals surface area contributed by atoms with Crippen molar-refractivity contribution in [2.45, 2.75) is 32.3 Å². The minimum atomic E-state index is 0. The Morgan fingerprint density at radius 1 is 1.28 bits per heavy atom. The third-order valence-corrected chi connectivity index (χ3v) is 3.34. The fourth-order valence-electron chi connectivity index (χ4n) is 1.64. The van der Waals surface area contributed by atoms with Gasteiger partial charge in [-0.2, -0.15) is 0 Å². The normalized spacial score (nSPS) is 11.8. The average molecular weight is 313 g/mol. The Morgan fingerprint density at radius 2 is 2.00 bits per heavy atom. The summed E-state index contributed by atoms with van der Waals surface area (Å²) in [6.45, 7) is 3.08. The number of benzene rings is 1. The van der Waals surface area contributed by atoms with E-state index < -0.39 is 0 Å². The van der Waals surface area contributed by atoms with Gasteiger partial charge in [-0.05, 0) is 38.6 Å². The van der Waals surface area contributed by atoms with E-state index in [0.717, 1.165) is 25.8 Å². The van der Waals surface area contributed by atoms with Crippen LogP contribution in [-0.2, 0) is 0 Å². The number of halogens is 3. The van der Waals surface area contributed by atoms with Crippen molar-refractivity contribution >= 4 is 35.6 Å². The third-order valence-electron chi connectivity index (χ3n) is 2.54. The standard InChI is InChI=1S/C13H19Cl2NO.ClH/c1-3-5-10(8-9-16-2)17-12-7-4-6-11(14)13(12)15;/h4,6-7,10,16H,3,5,8-9H2,1-2H3;1H/t10-;/m1./s1. The smallest absolute Gasteiger partial charge is 0.139 e. The van der Waals surface area contributed by atoms with E-state index in [0.29, 0.717) is 15.8 Å². The van der Waals surface area contributed by atoms with Gasteiger partial charge in [-0.1, -0.05) is 42.6 Å². The maximum atomic E-state index is 6.10. The van der Waals surface area contributed by atoms with Crippen LogP contribution in [0.2, 0.25) is 10.0 Å². The highest BCUT2D eigenvalue weighted by Gasteiger charge is 2.12. The zero-order chi connectivity index (χ0) is 12.7. The Hall–Kier alpha value is -0.150. The molecular weight excluding hydrogens is 293 g/mol. The van der Waals surface area contributed by atoms with E-state index >= 15 is 0 Å². The molecule has 0 unspecified atom stereocenters. The fourth-order valence-corrected chi connectivity index (χ4v) is 1.98. The molecule has 1 aromatic rings. The Kier molecular flexibility index (Phi) is 9.66. The number of ether oxygens (including phenoxy) is 1. The maximum Gasteiger partial charge on any atom is 0.139 e. The van der Waals surface area contributed by atoms with Gasteiger partial charge in [0, 0.05) is 0 Å². The summed E-state index contributed by atoms with van der Waals surface area (Å²) in [5.41, 5.74) is 0. The molecule has 0 radical (unpaired) electrons. The molecule has 0 bridgehead atoms. The van der Waals surface area contributed by atoms with Gasteiger partial charge in [-0.3, -0.25) is 0 Å².